The van der Waals surface area contributed by atoms with Crippen LogP contribution >= 0.6 is 23.1 Å². The lowest BCUT2D eigenvalue weighted by atomic mass is 9.87. The van der Waals surface area contributed by atoms with Crippen LogP contribution in [0.25, 0.3) is 0 Å². The number of nitrogens with one attached hydrogen (secondary N) is 1. The minimum Gasteiger partial charge on any atom is -0.486 e. The maximum atomic E-state index is 12.8. The fourth-order valence-corrected chi connectivity index (χ4v) is 6.37. The van der Waals surface area contributed by atoms with Crippen molar-refractivity contribution in [3.05, 3.63) is 51.7 Å². The molecule has 4 rings (SSSR count). The number of rotatable bonds is 10. The number of carbonyl (C=O) groups is 2. The molecular formula is C27H34N4O4S2. The van der Waals surface area contributed by atoms with Gasteiger partial charge in [0.05, 0.1) is 17.9 Å². The van der Waals surface area contributed by atoms with E-state index in [1.165, 1.54) is 28.7 Å². The standard InChI is InChI=1S/C27H34N4O4S2/c1-6-31-21(15-35-18-13-11-17(12-14-18)27(3,4)5)29-30-26(31)36-16-22(32)28-24-23(25(33)34-7-2)19-9-8-10-20(19)37-24/h11-14H,6-10,15-16H2,1-5H3,(H,28,32). The molecule has 1 aliphatic carbocycles. The second-order valence-corrected chi connectivity index (χ2v) is 11.9. The highest BCUT2D eigenvalue weighted by Crippen LogP contribution is 2.39. The molecule has 1 N–H and O–H groups in total. The summed E-state index contributed by atoms with van der Waals surface area (Å²) in [6.07, 6.45) is 2.80. The van der Waals surface area contributed by atoms with Gasteiger partial charge >= 0.3 is 5.97 Å². The average molecular weight is 543 g/mol. The number of hydrogen-bond donors (Lipinski definition) is 1. The van der Waals surface area contributed by atoms with Crippen molar-refractivity contribution in [3.8, 4) is 5.75 Å². The Hall–Kier alpha value is -2.85. The first-order valence-electron chi connectivity index (χ1n) is 12.6. The number of nitrogens with zero attached hydrogens (tertiary/aromatic N) is 3. The second-order valence-electron chi connectivity index (χ2n) is 9.82. The zero-order valence-corrected chi connectivity index (χ0v) is 23.7. The molecule has 0 saturated carbocycles. The Balaban J connectivity index is 1.36. The van der Waals surface area contributed by atoms with E-state index in [0.29, 0.717) is 34.7 Å². The van der Waals surface area contributed by atoms with Crippen LogP contribution in [0.4, 0.5) is 5.00 Å². The van der Waals surface area contributed by atoms with Gasteiger partial charge in [-0.15, -0.1) is 21.5 Å². The Morgan fingerprint density at radius 1 is 1.14 bits per heavy atom. The summed E-state index contributed by atoms with van der Waals surface area (Å²) < 4.78 is 13.1. The Bertz CT molecular complexity index is 1260. The van der Waals surface area contributed by atoms with Crippen molar-refractivity contribution in [2.24, 2.45) is 0 Å². The van der Waals surface area contributed by atoms with Crippen LogP contribution < -0.4 is 10.1 Å². The normalized spacial score (nSPS) is 12.9. The van der Waals surface area contributed by atoms with Gasteiger partial charge < -0.3 is 19.4 Å². The molecule has 0 bridgehead atoms. The molecule has 1 amide bonds. The molecule has 198 valence electrons. The molecule has 0 spiro atoms. The van der Waals surface area contributed by atoms with Gasteiger partial charge in [-0.3, -0.25) is 4.79 Å². The fraction of sp³-hybridized carbons (Fsp3) is 0.481. The first-order valence-corrected chi connectivity index (χ1v) is 14.4. The van der Waals surface area contributed by atoms with Gasteiger partial charge in [0.2, 0.25) is 5.91 Å². The maximum Gasteiger partial charge on any atom is 0.341 e. The monoisotopic (exact) mass is 542 g/mol. The average Bonchev–Trinajstić information content (AvgIpc) is 3.55. The third-order valence-electron chi connectivity index (χ3n) is 6.18. The molecule has 8 nitrogen and oxygen atoms in total. The first kappa shape index (κ1) is 27.2. The molecule has 10 heteroatoms. The number of thioether (sulfide) groups is 1. The molecule has 0 fully saturated rings. The molecule has 1 aromatic carbocycles. The van der Waals surface area contributed by atoms with Gasteiger partial charge in [0.25, 0.3) is 0 Å². The van der Waals surface area contributed by atoms with Crippen molar-refractivity contribution in [3.63, 3.8) is 0 Å². The van der Waals surface area contributed by atoms with E-state index in [4.69, 9.17) is 9.47 Å². The van der Waals surface area contributed by atoms with Gasteiger partial charge in [-0.25, -0.2) is 4.79 Å². The third-order valence-corrected chi connectivity index (χ3v) is 8.36. The number of amides is 1. The van der Waals surface area contributed by atoms with Crippen LogP contribution in [0, 0.1) is 0 Å². The van der Waals surface area contributed by atoms with Crippen LogP contribution in [0.1, 0.15) is 73.2 Å². The highest BCUT2D eigenvalue weighted by Gasteiger charge is 2.28. The SMILES string of the molecule is CCOC(=O)c1c(NC(=O)CSc2nnc(COc3ccc(C(C)(C)C)cc3)n2CC)sc2c1CCC2. The summed E-state index contributed by atoms with van der Waals surface area (Å²) in [6, 6.07) is 8.10. The molecule has 3 aromatic rings. The van der Waals surface area contributed by atoms with Crippen LogP contribution in [-0.4, -0.2) is 39.0 Å². The Labute approximate surface area is 226 Å². The Kier molecular flexibility index (Phi) is 8.59. The van der Waals surface area contributed by atoms with E-state index in [1.54, 1.807) is 6.92 Å². The smallest absolute Gasteiger partial charge is 0.341 e. The van der Waals surface area contributed by atoms with Crippen molar-refractivity contribution < 1.29 is 19.1 Å². The number of aryl methyl sites for hydroxylation is 1. The van der Waals surface area contributed by atoms with Crippen molar-refractivity contribution >= 4 is 40.0 Å². The zero-order valence-electron chi connectivity index (χ0n) is 22.1. The number of esters is 1. The predicted octanol–water partition coefficient (Wildman–Crippen LogP) is 5.63. The Morgan fingerprint density at radius 2 is 1.89 bits per heavy atom. The second kappa shape index (κ2) is 11.7. The molecule has 0 aliphatic heterocycles. The summed E-state index contributed by atoms with van der Waals surface area (Å²) in [5, 5.41) is 12.7. The fourth-order valence-electron chi connectivity index (χ4n) is 4.25. The maximum absolute atomic E-state index is 12.8. The Morgan fingerprint density at radius 3 is 2.57 bits per heavy atom. The van der Waals surface area contributed by atoms with Gasteiger partial charge in [-0.2, -0.15) is 0 Å². The molecule has 0 unspecified atom stereocenters. The topological polar surface area (TPSA) is 95.3 Å². The zero-order chi connectivity index (χ0) is 26.6. The van der Waals surface area contributed by atoms with E-state index >= 15 is 0 Å². The number of carbonyl (C=O) groups excluding carboxylic acids is 2. The highest BCUT2D eigenvalue weighted by atomic mass is 32.2. The summed E-state index contributed by atoms with van der Waals surface area (Å²) in [6.45, 7) is 11.6. The summed E-state index contributed by atoms with van der Waals surface area (Å²) in [5.74, 6) is 1.06. The molecule has 37 heavy (non-hydrogen) atoms. The van der Waals surface area contributed by atoms with Crippen LogP contribution in [0.5, 0.6) is 5.75 Å². The van der Waals surface area contributed by atoms with Crippen LogP contribution in [0.2, 0.25) is 0 Å². The van der Waals surface area contributed by atoms with Crippen molar-refractivity contribution in [1.82, 2.24) is 14.8 Å². The number of fused-ring (bicyclic) bond motifs is 1. The van der Waals surface area contributed by atoms with Gasteiger partial charge in [0.15, 0.2) is 11.0 Å². The van der Waals surface area contributed by atoms with Gasteiger partial charge in [0, 0.05) is 11.4 Å². The number of thiophene rings is 1. The lowest BCUT2D eigenvalue weighted by Gasteiger charge is -2.19. The van der Waals surface area contributed by atoms with E-state index in [0.717, 1.165) is 35.5 Å². The van der Waals surface area contributed by atoms with Gasteiger partial charge in [-0.05, 0) is 61.8 Å². The quantitative estimate of drug-likeness (QED) is 0.262. The molecule has 0 atom stereocenters. The first-order chi connectivity index (χ1) is 17.7. The molecule has 1 aliphatic rings. The summed E-state index contributed by atoms with van der Waals surface area (Å²) >= 11 is 2.79. The van der Waals surface area contributed by atoms with E-state index < -0.39 is 0 Å². The van der Waals surface area contributed by atoms with Crippen molar-refractivity contribution in [2.75, 3.05) is 17.7 Å². The summed E-state index contributed by atoms with van der Waals surface area (Å²) in [4.78, 5) is 26.5. The van der Waals surface area contributed by atoms with Crippen LogP contribution in [0.3, 0.4) is 0 Å². The number of hydrogen-bond acceptors (Lipinski definition) is 8. The molecule has 2 aromatic heterocycles. The number of ether oxygens (including phenoxy) is 2. The largest absolute Gasteiger partial charge is 0.486 e. The molecule has 2 heterocycles. The van der Waals surface area contributed by atoms with E-state index in [9.17, 15) is 9.59 Å². The van der Waals surface area contributed by atoms with Crippen molar-refractivity contribution in [1.29, 1.82) is 0 Å². The molecule has 0 radical (unpaired) electrons. The van der Waals surface area contributed by atoms with E-state index in [2.05, 4.69) is 48.4 Å². The van der Waals surface area contributed by atoms with Crippen molar-refractivity contribution in [2.45, 2.75) is 77.6 Å². The minimum atomic E-state index is -0.367. The van der Waals surface area contributed by atoms with E-state index in [-0.39, 0.29) is 29.7 Å². The lowest BCUT2D eigenvalue weighted by molar-refractivity contribution is -0.113. The number of aromatic nitrogens is 3. The molecular weight excluding hydrogens is 508 g/mol. The number of anilines is 1. The predicted molar refractivity (Wildman–Crippen MR) is 147 cm³/mol. The van der Waals surface area contributed by atoms with E-state index in [1.807, 2.05) is 23.6 Å². The van der Waals surface area contributed by atoms with Gasteiger partial charge in [0.1, 0.15) is 17.4 Å². The lowest BCUT2D eigenvalue weighted by Crippen LogP contribution is -2.17. The van der Waals surface area contributed by atoms with Crippen LogP contribution in [0.15, 0.2) is 29.4 Å². The summed E-state index contributed by atoms with van der Waals surface area (Å²) in [5.41, 5.74) is 2.87. The van der Waals surface area contributed by atoms with Gasteiger partial charge in [-0.1, -0.05) is 44.7 Å². The third kappa shape index (κ3) is 6.35. The molecule has 0 saturated heterocycles. The summed E-state index contributed by atoms with van der Waals surface area (Å²) in [7, 11) is 0. The van der Waals surface area contributed by atoms with Crippen LogP contribution in [-0.2, 0) is 40.9 Å². The minimum absolute atomic E-state index is 0.0866. The number of benzene rings is 1. The highest BCUT2D eigenvalue weighted by molar-refractivity contribution is 7.99.